The molecule has 0 spiro atoms. The summed E-state index contributed by atoms with van der Waals surface area (Å²) in [6, 6.07) is 5.34. The fraction of sp³-hybridized carbons (Fsp3) is 0.385. The summed E-state index contributed by atoms with van der Waals surface area (Å²) in [5, 5.41) is 2.90. The van der Waals surface area contributed by atoms with E-state index < -0.39 is 5.97 Å². The number of amides is 1. The summed E-state index contributed by atoms with van der Waals surface area (Å²) in [5.74, 6) is -0.178. The molecule has 0 saturated heterocycles. The number of esters is 1. The first-order valence-corrected chi connectivity index (χ1v) is 6.98. The van der Waals surface area contributed by atoms with Crippen molar-refractivity contribution in [3.05, 3.63) is 23.8 Å². The van der Waals surface area contributed by atoms with Crippen LogP contribution in [0.5, 0.6) is 0 Å². The smallest absolute Gasteiger partial charge is 0.339 e. The van der Waals surface area contributed by atoms with E-state index in [1.165, 1.54) is 18.9 Å². The van der Waals surface area contributed by atoms with Crippen LogP contribution in [0, 0.1) is 0 Å². The van der Waals surface area contributed by atoms with Crippen molar-refractivity contribution in [3.8, 4) is 0 Å². The maximum atomic E-state index is 11.6. The van der Waals surface area contributed by atoms with Crippen LogP contribution in [0.2, 0.25) is 0 Å². The third kappa shape index (κ3) is 3.89. The summed E-state index contributed by atoms with van der Waals surface area (Å²) < 4.78 is 4.70. The number of hydrogen-bond donors (Lipinski definition) is 2. The minimum Gasteiger partial charge on any atom is -0.465 e. The van der Waals surface area contributed by atoms with Gasteiger partial charge in [0.05, 0.1) is 18.4 Å². The Labute approximate surface area is 115 Å². The summed E-state index contributed by atoms with van der Waals surface area (Å²) in [6.45, 7) is 0. The average Bonchev–Trinajstić information content (AvgIpc) is 3.20. The van der Waals surface area contributed by atoms with Crippen molar-refractivity contribution < 1.29 is 14.3 Å². The molecule has 19 heavy (non-hydrogen) atoms. The fourth-order valence-electron chi connectivity index (χ4n) is 1.58. The number of thioether (sulfide) groups is 1. The van der Waals surface area contributed by atoms with E-state index in [4.69, 9.17) is 10.5 Å². The lowest BCUT2D eigenvalue weighted by Crippen LogP contribution is -2.27. The molecule has 3 N–H and O–H groups in total. The van der Waals surface area contributed by atoms with Gasteiger partial charge in [-0.1, -0.05) is 0 Å². The van der Waals surface area contributed by atoms with E-state index in [0.29, 0.717) is 22.2 Å². The predicted molar refractivity (Wildman–Crippen MR) is 74.1 cm³/mol. The molecule has 0 unspecified atom stereocenters. The van der Waals surface area contributed by atoms with Gasteiger partial charge in [-0.3, -0.25) is 4.79 Å². The molecule has 1 saturated carbocycles. The molecule has 1 aliphatic rings. The van der Waals surface area contributed by atoms with Gasteiger partial charge in [0.1, 0.15) is 0 Å². The van der Waals surface area contributed by atoms with Crippen LogP contribution in [0.3, 0.4) is 0 Å². The van der Waals surface area contributed by atoms with Crippen molar-refractivity contribution in [3.63, 3.8) is 0 Å². The highest BCUT2D eigenvalue weighted by Crippen LogP contribution is 2.26. The monoisotopic (exact) mass is 280 g/mol. The van der Waals surface area contributed by atoms with E-state index in [1.54, 1.807) is 18.2 Å². The average molecular weight is 280 g/mol. The van der Waals surface area contributed by atoms with Gasteiger partial charge >= 0.3 is 5.97 Å². The summed E-state index contributed by atoms with van der Waals surface area (Å²) in [5.41, 5.74) is 6.54. The Balaban J connectivity index is 2.01. The number of carbonyl (C=O) groups is 2. The molecule has 1 aromatic carbocycles. The minimum atomic E-state index is -0.447. The van der Waals surface area contributed by atoms with E-state index in [-0.39, 0.29) is 11.7 Å². The van der Waals surface area contributed by atoms with Gasteiger partial charge in [0.15, 0.2) is 0 Å². The van der Waals surface area contributed by atoms with Crippen molar-refractivity contribution in [1.29, 1.82) is 0 Å². The number of anilines is 1. The van der Waals surface area contributed by atoms with Gasteiger partial charge in [0.25, 0.3) is 0 Å². The Morgan fingerprint density at radius 3 is 2.84 bits per heavy atom. The topological polar surface area (TPSA) is 81.4 Å². The summed E-state index contributed by atoms with van der Waals surface area (Å²) in [6.07, 6.45) is 2.12. The van der Waals surface area contributed by atoms with Gasteiger partial charge < -0.3 is 15.8 Å². The lowest BCUT2D eigenvalue weighted by molar-refractivity contribution is -0.118. The molecule has 2 rings (SSSR count). The number of nitrogens with one attached hydrogen (secondary N) is 1. The molecule has 0 aliphatic heterocycles. The first-order chi connectivity index (χ1) is 9.10. The molecule has 1 aromatic rings. The molecule has 0 bridgehead atoms. The van der Waals surface area contributed by atoms with Crippen molar-refractivity contribution in [1.82, 2.24) is 5.32 Å². The molecule has 1 fully saturated rings. The number of nitrogen functional groups attached to an aromatic ring is 1. The van der Waals surface area contributed by atoms with Crippen molar-refractivity contribution in [2.75, 3.05) is 18.6 Å². The van der Waals surface area contributed by atoms with Gasteiger partial charge in [-0.15, -0.1) is 11.8 Å². The zero-order chi connectivity index (χ0) is 13.8. The Bertz CT molecular complexity index is 501. The molecular weight excluding hydrogens is 264 g/mol. The van der Waals surface area contributed by atoms with E-state index in [2.05, 4.69) is 5.32 Å². The number of ether oxygens (including phenoxy) is 1. The van der Waals surface area contributed by atoms with Gasteiger partial charge in [0.2, 0.25) is 5.91 Å². The largest absolute Gasteiger partial charge is 0.465 e. The van der Waals surface area contributed by atoms with E-state index in [9.17, 15) is 9.59 Å². The van der Waals surface area contributed by atoms with Crippen LogP contribution < -0.4 is 11.1 Å². The maximum Gasteiger partial charge on any atom is 0.339 e. The van der Waals surface area contributed by atoms with Gasteiger partial charge in [-0.2, -0.15) is 0 Å². The standard InChI is InChI=1S/C13H16N2O3S/c1-18-13(17)10-6-8(14)2-5-11(10)19-7-12(16)15-9-3-4-9/h2,5-6,9H,3-4,7,14H2,1H3,(H,15,16). The fourth-order valence-corrected chi connectivity index (χ4v) is 2.42. The molecular formula is C13H16N2O3S. The maximum absolute atomic E-state index is 11.6. The lowest BCUT2D eigenvalue weighted by atomic mass is 10.2. The zero-order valence-electron chi connectivity index (χ0n) is 10.6. The van der Waals surface area contributed by atoms with E-state index >= 15 is 0 Å². The first kappa shape index (κ1) is 13.7. The van der Waals surface area contributed by atoms with Gasteiger partial charge in [-0.05, 0) is 31.0 Å². The molecule has 1 aliphatic carbocycles. The van der Waals surface area contributed by atoms with Crippen LogP contribution in [0.15, 0.2) is 23.1 Å². The molecule has 1 amide bonds. The lowest BCUT2D eigenvalue weighted by Gasteiger charge is -2.08. The number of carbonyl (C=O) groups excluding carboxylic acids is 2. The van der Waals surface area contributed by atoms with E-state index in [1.807, 2.05) is 0 Å². The number of methoxy groups -OCH3 is 1. The van der Waals surface area contributed by atoms with Crippen molar-refractivity contribution in [2.45, 2.75) is 23.8 Å². The Hall–Kier alpha value is -1.69. The number of nitrogens with two attached hydrogens (primary N) is 1. The summed E-state index contributed by atoms with van der Waals surface area (Å²) in [7, 11) is 1.32. The number of benzene rings is 1. The normalized spacial score (nSPS) is 13.9. The van der Waals surface area contributed by atoms with Crippen LogP contribution in [0.4, 0.5) is 5.69 Å². The highest BCUT2D eigenvalue weighted by molar-refractivity contribution is 8.00. The highest BCUT2D eigenvalue weighted by Gasteiger charge is 2.23. The second kappa shape index (κ2) is 5.97. The van der Waals surface area contributed by atoms with Crippen LogP contribution in [0.25, 0.3) is 0 Å². The van der Waals surface area contributed by atoms with E-state index in [0.717, 1.165) is 12.8 Å². The third-order valence-electron chi connectivity index (χ3n) is 2.71. The minimum absolute atomic E-state index is 0.0138. The van der Waals surface area contributed by atoms with Crippen LogP contribution in [-0.2, 0) is 9.53 Å². The molecule has 0 heterocycles. The SMILES string of the molecule is COC(=O)c1cc(N)ccc1SCC(=O)NC1CC1. The predicted octanol–water partition coefficient (Wildman–Crippen LogP) is 1.43. The molecule has 0 atom stereocenters. The molecule has 102 valence electrons. The number of hydrogen-bond acceptors (Lipinski definition) is 5. The van der Waals surface area contributed by atoms with Crippen molar-refractivity contribution >= 4 is 29.3 Å². The highest BCUT2D eigenvalue weighted by atomic mass is 32.2. The molecule has 0 aromatic heterocycles. The summed E-state index contributed by atoms with van der Waals surface area (Å²) in [4.78, 5) is 23.9. The Kier molecular flexibility index (Phi) is 4.31. The second-order valence-corrected chi connectivity index (χ2v) is 5.39. The third-order valence-corrected chi connectivity index (χ3v) is 3.78. The first-order valence-electron chi connectivity index (χ1n) is 6.00. The molecule has 6 heteroatoms. The van der Waals surface area contributed by atoms with Crippen LogP contribution in [0.1, 0.15) is 23.2 Å². The van der Waals surface area contributed by atoms with Crippen LogP contribution in [-0.4, -0.2) is 30.8 Å². The Morgan fingerprint density at radius 1 is 1.47 bits per heavy atom. The van der Waals surface area contributed by atoms with Crippen LogP contribution >= 0.6 is 11.8 Å². The quantitative estimate of drug-likeness (QED) is 0.484. The zero-order valence-corrected chi connectivity index (χ0v) is 11.5. The van der Waals surface area contributed by atoms with Gasteiger partial charge in [0, 0.05) is 16.6 Å². The molecule has 5 nitrogen and oxygen atoms in total. The number of rotatable bonds is 5. The Morgan fingerprint density at radius 2 is 2.21 bits per heavy atom. The van der Waals surface area contributed by atoms with Crippen molar-refractivity contribution in [2.24, 2.45) is 0 Å². The second-order valence-electron chi connectivity index (χ2n) is 4.38. The summed E-state index contributed by atoms with van der Waals surface area (Å²) >= 11 is 1.31. The van der Waals surface area contributed by atoms with Gasteiger partial charge in [-0.25, -0.2) is 4.79 Å². The molecule has 0 radical (unpaired) electrons.